The van der Waals surface area contributed by atoms with E-state index in [-0.39, 0.29) is 18.7 Å². The molecule has 2 N–H and O–H groups in total. The van der Waals surface area contributed by atoms with Crippen molar-refractivity contribution in [3.8, 4) is 23.3 Å². The number of fused-ring (bicyclic) bond motifs is 1. The van der Waals surface area contributed by atoms with Gasteiger partial charge in [-0.05, 0) is 67.9 Å². The number of aromatic nitrogens is 3. The molecule has 2 amide bonds. The van der Waals surface area contributed by atoms with Gasteiger partial charge >= 0.3 is 6.03 Å². The number of carbonyl (C=O) groups excluding carboxylic acids is 1. The Bertz CT molecular complexity index is 1520. The smallest absolute Gasteiger partial charge is 0.318 e. The van der Waals surface area contributed by atoms with Crippen LogP contribution in [-0.4, -0.2) is 58.7 Å². The maximum atomic E-state index is 12.1. The maximum Gasteiger partial charge on any atom is 0.318 e. The highest BCUT2D eigenvalue weighted by atomic mass is 16.5. The molecule has 0 unspecified atom stereocenters. The highest BCUT2D eigenvalue weighted by molar-refractivity contribution is 5.91. The summed E-state index contributed by atoms with van der Waals surface area (Å²) in [4.78, 5) is 26.9. The monoisotopic (exact) mass is 508 g/mol. The van der Waals surface area contributed by atoms with Crippen LogP contribution in [0.25, 0.3) is 10.9 Å². The number of rotatable bonds is 6. The van der Waals surface area contributed by atoms with Crippen molar-refractivity contribution in [2.24, 2.45) is 0 Å². The van der Waals surface area contributed by atoms with Crippen LogP contribution in [0.2, 0.25) is 0 Å². The van der Waals surface area contributed by atoms with Gasteiger partial charge in [0, 0.05) is 29.4 Å². The number of urea groups is 1. The van der Waals surface area contributed by atoms with E-state index in [2.05, 4.69) is 37.4 Å². The zero-order valence-corrected chi connectivity index (χ0v) is 21.5. The summed E-state index contributed by atoms with van der Waals surface area (Å²) < 4.78 is 11.2. The molecule has 1 saturated heterocycles. The van der Waals surface area contributed by atoms with Crippen LogP contribution < -0.4 is 15.4 Å². The Kier molecular flexibility index (Phi) is 7.33. The van der Waals surface area contributed by atoms with Gasteiger partial charge in [-0.15, -0.1) is 0 Å². The third kappa shape index (κ3) is 5.82. The normalized spacial score (nSPS) is 12.9. The van der Waals surface area contributed by atoms with E-state index >= 15 is 0 Å². The molecule has 0 atom stereocenters. The molecule has 2 aromatic carbocycles. The number of amides is 2. The molecule has 0 spiro atoms. The first kappa shape index (κ1) is 25.0. The number of benzene rings is 2. The Morgan fingerprint density at radius 3 is 2.71 bits per heavy atom. The zero-order chi connectivity index (χ0) is 26.5. The lowest BCUT2D eigenvalue weighted by atomic mass is 10.1. The molecule has 3 heterocycles. The van der Waals surface area contributed by atoms with Crippen LogP contribution in [0.5, 0.6) is 11.5 Å². The quantitative estimate of drug-likeness (QED) is 0.368. The summed E-state index contributed by atoms with van der Waals surface area (Å²) in [7, 11) is 1.65. The second kappa shape index (κ2) is 11.2. The van der Waals surface area contributed by atoms with E-state index in [4.69, 9.17) is 9.47 Å². The van der Waals surface area contributed by atoms with Crippen molar-refractivity contribution in [1.82, 2.24) is 25.2 Å². The van der Waals surface area contributed by atoms with E-state index in [1.807, 2.05) is 62.4 Å². The van der Waals surface area contributed by atoms with Crippen LogP contribution in [0.3, 0.4) is 0 Å². The van der Waals surface area contributed by atoms with Gasteiger partial charge in [-0.2, -0.15) is 0 Å². The summed E-state index contributed by atoms with van der Waals surface area (Å²) in [6, 6.07) is 15.3. The van der Waals surface area contributed by atoms with Gasteiger partial charge in [0.15, 0.2) is 0 Å². The number of aryl methyl sites for hydroxylation is 2. The van der Waals surface area contributed by atoms with Gasteiger partial charge in [0.25, 0.3) is 0 Å². The van der Waals surface area contributed by atoms with E-state index in [1.54, 1.807) is 18.2 Å². The number of nitrogens with one attached hydrogen (secondary N) is 2. The first-order valence-electron chi connectivity index (χ1n) is 12.3. The predicted molar refractivity (Wildman–Crippen MR) is 146 cm³/mol. The summed E-state index contributed by atoms with van der Waals surface area (Å²) in [5, 5.41) is 7.05. The highest BCUT2D eigenvalue weighted by Gasteiger charge is 2.29. The summed E-state index contributed by atoms with van der Waals surface area (Å²) >= 11 is 0. The standard InChI is InChI=1S/C29H28N6O3/c1-19-13-22(8-11-27(19)38-23-9-6-20(2)31-15-23)34-28-25-14-21(7-10-26(25)32-18-33-28)5-4-12-30-29(36)35-16-24(17-35)37-3/h6-11,13-15,18,24H,12,16-17H2,1-3H3,(H,30,36)(H,32,33,34). The second-order valence-electron chi connectivity index (χ2n) is 9.02. The second-order valence-corrected chi connectivity index (χ2v) is 9.02. The van der Waals surface area contributed by atoms with Crippen LogP contribution in [-0.2, 0) is 4.74 Å². The fourth-order valence-corrected chi connectivity index (χ4v) is 3.98. The fourth-order valence-electron chi connectivity index (χ4n) is 3.98. The van der Waals surface area contributed by atoms with Crippen LogP contribution in [0, 0.1) is 25.7 Å². The number of nitrogens with zero attached hydrogens (tertiary/aromatic N) is 4. The largest absolute Gasteiger partial charge is 0.455 e. The van der Waals surface area contributed by atoms with Gasteiger partial charge in [0.05, 0.1) is 37.5 Å². The first-order valence-corrected chi connectivity index (χ1v) is 12.3. The molecule has 0 aliphatic carbocycles. The summed E-state index contributed by atoms with van der Waals surface area (Å²) in [6.45, 7) is 5.40. The summed E-state index contributed by atoms with van der Waals surface area (Å²) in [5.74, 6) is 8.24. The van der Waals surface area contributed by atoms with Gasteiger partial charge in [0.2, 0.25) is 0 Å². The number of ether oxygens (including phenoxy) is 2. The van der Waals surface area contributed by atoms with Crippen molar-refractivity contribution in [3.63, 3.8) is 0 Å². The number of hydrogen-bond acceptors (Lipinski definition) is 7. The van der Waals surface area contributed by atoms with Crippen LogP contribution in [0.15, 0.2) is 61.1 Å². The number of likely N-dealkylation sites (tertiary alicyclic amines) is 1. The number of anilines is 2. The minimum absolute atomic E-state index is 0.126. The summed E-state index contributed by atoms with van der Waals surface area (Å²) in [5.41, 5.74) is 4.39. The van der Waals surface area contributed by atoms with Gasteiger partial charge < -0.3 is 25.0 Å². The Labute approximate surface area is 221 Å². The number of carbonyl (C=O) groups is 1. The van der Waals surface area contributed by atoms with E-state index in [1.165, 1.54) is 6.33 Å². The van der Waals surface area contributed by atoms with Crippen LogP contribution in [0.1, 0.15) is 16.8 Å². The number of hydrogen-bond donors (Lipinski definition) is 2. The molecule has 192 valence electrons. The molecule has 1 aliphatic heterocycles. The first-order chi connectivity index (χ1) is 18.5. The highest BCUT2D eigenvalue weighted by Crippen LogP contribution is 2.29. The average Bonchev–Trinajstić information content (AvgIpc) is 2.89. The van der Waals surface area contributed by atoms with Gasteiger partial charge in [-0.25, -0.2) is 14.8 Å². The Morgan fingerprint density at radius 1 is 1.08 bits per heavy atom. The number of pyridine rings is 1. The molecule has 2 aromatic heterocycles. The van der Waals surface area contributed by atoms with E-state index in [0.717, 1.165) is 39.2 Å². The minimum atomic E-state index is -0.131. The molecule has 0 saturated carbocycles. The van der Waals surface area contributed by atoms with Gasteiger partial charge in [-0.3, -0.25) is 4.98 Å². The molecule has 5 rings (SSSR count). The van der Waals surface area contributed by atoms with Crippen molar-refractivity contribution in [3.05, 3.63) is 77.9 Å². The topological polar surface area (TPSA) is 102 Å². The lowest BCUT2D eigenvalue weighted by Crippen LogP contribution is -2.57. The lowest BCUT2D eigenvalue weighted by Gasteiger charge is -2.37. The Hall–Kier alpha value is -4.68. The van der Waals surface area contributed by atoms with E-state index < -0.39 is 0 Å². The Balaban J connectivity index is 1.26. The van der Waals surface area contributed by atoms with Crippen molar-refractivity contribution in [2.45, 2.75) is 20.0 Å². The average molecular weight is 509 g/mol. The lowest BCUT2D eigenvalue weighted by molar-refractivity contribution is -0.00741. The van der Waals surface area contributed by atoms with Gasteiger partial charge in [0.1, 0.15) is 23.6 Å². The molecule has 0 radical (unpaired) electrons. The molecule has 4 aromatic rings. The van der Waals surface area contributed by atoms with Crippen LogP contribution in [0.4, 0.5) is 16.3 Å². The summed E-state index contributed by atoms with van der Waals surface area (Å²) in [6.07, 6.45) is 3.37. The molecule has 9 heteroatoms. The van der Waals surface area contributed by atoms with Gasteiger partial charge in [-0.1, -0.05) is 11.8 Å². The predicted octanol–water partition coefficient (Wildman–Crippen LogP) is 4.57. The van der Waals surface area contributed by atoms with Crippen molar-refractivity contribution < 1.29 is 14.3 Å². The Morgan fingerprint density at radius 2 is 1.95 bits per heavy atom. The van der Waals surface area contributed by atoms with Crippen molar-refractivity contribution in [1.29, 1.82) is 0 Å². The minimum Gasteiger partial charge on any atom is -0.455 e. The number of methoxy groups -OCH3 is 1. The molecule has 9 nitrogen and oxygen atoms in total. The van der Waals surface area contributed by atoms with Crippen molar-refractivity contribution >= 4 is 28.4 Å². The third-order valence-corrected chi connectivity index (χ3v) is 6.21. The third-order valence-electron chi connectivity index (χ3n) is 6.21. The molecule has 0 bridgehead atoms. The van der Waals surface area contributed by atoms with E-state index in [0.29, 0.717) is 24.7 Å². The maximum absolute atomic E-state index is 12.1. The molecular weight excluding hydrogens is 480 g/mol. The molecule has 1 fully saturated rings. The molecule has 38 heavy (non-hydrogen) atoms. The molecular formula is C29H28N6O3. The molecule has 1 aliphatic rings. The SMILES string of the molecule is COC1CN(C(=O)NCC#Cc2ccc3ncnc(Nc4ccc(Oc5ccc(C)nc5)c(C)c4)c3c2)C1. The zero-order valence-electron chi connectivity index (χ0n) is 21.5. The van der Waals surface area contributed by atoms with E-state index in [9.17, 15) is 4.79 Å². The fraction of sp³-hybridized carbons (Fsp3) is 0.241. The van der Waals surface area contributed by atoms with Crippen molar-refractivity contribution in [2.75, 3.05) is 32.1 Å². The van der Waals surface area contributed by atoms with Crippen LogP contribution >= 0.6 is 0 Å².